The van der Waals surface area contributed by atoms with Gasteiger partial charge in [-0.3, -0.25) is 0 Å². The molecule has 0 aromatic heterocycles. The number of unbranched alkanes of at least 4 members (excludes halogenated alkanes) is 1. The molecule has 0 saturated heterocycles. The van der Waals surface area contributed by atoms with Crippen LogP contribution in [0.25, 0.3) is 0 Å². The number of hydrogen-bond donors (Lipinski definition) is 1. The first kappa shape index (κ1) is 20.2. The summed E-state index contributed by atoms with van der Waals surface area (Å²) in [7, 11) is 0. The first-order valence-electron chi connectivity index (χ1n) is 12.5. The topological polar surface area (TPSA) is 20.2 Å². The van der Waals surface area contributed by atoms with Crippen molar-refractivity contribution in [3.63, 3.8) is 0 Å². The lowest BCUT2D eigenvalue weighted by atomic mass is 9.44. The largest absolute Gasteiger partial charge is 0.393 e. The molecule has 4 saturated carbocycles. The Hall–Kier alpha value is -0.0400. The van der Waals surface area contributed by atoms with E-state index in [4.69, 9.17) is 0 Å². The molecular formula is C26H46O. The van der Waals surface area contributed by atoms with Gasteiger partial charge in [0.2, 0.25) is 0 Å². The van der Waals surface area contributed by atoms with Crippen LogP contribution >= 0.6 is 0 Å². The minimum absolute atomic E-state index is 0.00446. The maximum Gasteiger partial charge on any atom is 0.0543 e. The van der Waals surface area contributed by atoms with Crippen LogP contribution in [0.15, 0.2) is 0 Å². The quantitative estimate of drug-likeness (QED) is 0.503. The summed E-state index contributed by atoms with van der Waals surface area (Å²) in [4.78, 5) is 0. The van der Waals surface area contributed by atoms with Crippen molar-refractivity contribution in [1.29, 1.82) is 0 Å². The van der Waals surface area contributed by atoms with E-state index in [1.54, 1.807) is 0 Å². The first-order chi connectivity index (χ1) is 12.8. The number of fused-ring (bicyclic) bond motifs is 5. The normalized spacial score (nSPS) is 49.6. The molecule has 1 heteroatoms. The number of aliphatic hydroxyl groups excluding tert-OH is 1. The maximum atomic E-state index is 10.2. The van der Waals surface area contributed by atoms with Crippen molar-refractivity contribution in [3.05, 3.63) is 0 Å². The highest BCUT2D eigenvalue weighted by atomic mass is 16.3. The third kappa shape index (κ3) is 3.53. The zero-order chi connectivity index (χ0) is 19.2. The predicted octanol–water partition coefficient (Wildman–Crippen LogP) is 7.22. The summed E-state index contributed by atoms with van der Waals surface area (Å²) >= 11 is 0. The van der Waals surface area contributed by atoms with E-state index in [1.807, 2.05) is 0 Å². The minimum Gasteiger partial charge on any atom is -0.393 e. The second-order valence-corrected chi connectivity index (χ2v) is 12.1. The van der Waals surface area contributed by atoms with E-state index in [9.17, 15) is 5.11 Å². The number of hydrogen-bond acceptors (Lipinski definition) is 1. The molecule has 4 aliphatic rings. The van der Waals surface area contributed by atoms with E-state index in [1.165, 1.54) is 70.6 Å². The summed E-state index contributed by atoms with van der Waals surface area (Å²) in [6.07, 6.45) is 18.2. The van der Waals surface area contributed by atoms with Crippen LogP contribution in [0.4, 0.5) is 0 Å². The van der Waals surface area contributed by atoms with Crippen LogP contribution in [0.2, 0.25) is 0 Å². The summed E-state index contributed by atoms with van der Waals surface area (Å²) in [6.45, 7) is 10.1. The van der Waals surface area contributed by atoms with E-state index in [-0.39, 0.29) is 6.10 Å². The molecule has 8 atom stereocenters. The monoisotopic (exact) mass is 374 g/mol. The van der Waals surface area contributed by atoms with E-state index in [0.717, 1.165) is 48.3 Å². The van der Waals surface area contributed by atoms with Gasteiger partial charge in [0.1, 0.15) is 0 Å². The Morgan fingerprint density at radius 3 is 2.37 bits per heavy atom. The van der Waals surface area contributed by atoms with Crippen molar-refractivity contribution in [2.75, 3.05) is 0 Å². The molecule has 0 radical (unpaired) electrons. The Labute approximate surface area is 169 Å². The van der Waals surface area contributed by atoms with Gasteiger partial charge < -0.3 is 5.11 Å². The van der Waals surface area contributed by atoms with Gasteiger partial charge in [-0.1, -0.05) is 47.0 Å². The SMILES string of the molecule is CC(C)CCCC[C@H]1CC[C@H]2[C@@H]3CC[C@H]4C[C@@H](O)CC[C@]4(C)[C@H]3CC[C@]12C. The Morgan fingerprint density at radius 1 is 0.852 bits per heavy atom. The molecule has 4 rings (SSSR count). The van der Waals surface area contributed by atoms with Crippen molar-refractivity contribution in [2.24, 2.45) is 46.3 Å². The molecule has 0 heterocycles. The highest BCUT2D eigenvalue weighted by molar-refractivity contribution is 5.09. The fraction of sp³-hybridized carbons (Fsp3) is 1.00. The fourth-order valence-corrected chi connectivity index (χ4v) is 8.76. The van der Waals surface area contributed by atoms with Gasteiger partial charge in [0.05, 0.1) is 6.10 Å². The second-order valence-electron chi connectivity index (χ2n) is 12.1. The Bertz CT molecular complexity index is 512. The van der Waals surface area contributed by atoms with Crippen LogP contribution in [0, 0.1) is 46.3 Å². The highest BCUT2D eigenvalue weighted by Crippen LogP contribution is 2.67. The molecule has 1 nitrogen and oxygen atoms in total. The molecule has 0 amide bonds. The summed E-state index contributed by atoms with van der Waals surface area (Å²) in [6, 6.07) is 0. The summed E-state index contributed by atoms with van der Waals surface area (Å²) < 4.78 is 0. The number of aliphatic hydroxyl groups is 1. The maximum absolute atomic E-state index is 10.2. The average Bonchev–Trinajstić information content (AvgIpc) is 2.96. The molecule has 1 N–H and O–H groups in total. The van der Waals surface area contributed by atoms with Gasteiger partial charge in [0.25, 0.3) is 0 Å². The number of rotatable bonds is 5. The van der Waals surface area contributed by atoms with E-state index in [0.29, 0.717) is 10.8 Å². The molecule has 0 unspecified atom stereocenters. The van der Waals surface area contributed by atoms with E-state index >= 15 is 0 Å². The van der Waals surface area contributed by atoms with Gasteiger partial charge >= 0.3 is 0 Å². The van der Waals surface area contributed by atoms with Crippen LogP contribution in [-0.4, -0.2) is 11.2 Å². The van der Waals surface area contributed by atoms with Gasteiger partial charge in [-0.15, -0.1) is 0 Å². The fourth-order valence-electron chi connectivity index (χ4n) is 8.76. The minimum atomic E-state index is -0.00446. The molecule has 0 spiro atoms. The van der Waals surface area contributed by atoms with Crippen molar-refractivity contribution in [3.8, 4) is 0 Å². The molecule has 0 aliphatic heterocycles. The molecule has 0 aromatic rings. The summed E-state index contributed by atoms with van der Waals surface area (Å²) in [5, 5.41) is 10.2. The smallest absolute Gasteiger partial charge is 0.0543 e. The van der Waals surface area contributed by atoms with Crippen molar-refractivity contribution in [1.82, 2.24) is 0 Å². The molecule has 0 aromatic carbocycles. The predicted molar refractivity (Wildman–Crippen MR) is 115 cm³/mol. The van der Waals surface area contributed by atoms with Crippen molar-refractivity contribution in [2.45, 2.75) is 117 Å². The third-order valence-corrected chi connectivity index (χ3v) is 10.4. The standard InChI is InChI=1S/C26H46O/c1-18(2)7-5-6-8-19-10-12-23-22-11-9-20-17-21(27)13-15-26(20,4)24(22)14-16-25(19,23)3/h18-24,27H,5-17H2,1-4H3/t19-,20-,21-,22-,23-,24-,25+,26-/m0/s1. The van der Waals surface area contributed by atoms with Crippen LogP contribution in [0.5, 0.6) is 0 Å². The Morgan fingerprint density at radius 2 is 1.59 bits per heavy atom. The Kier molecular flexibility index (Phi) is 5.74. The second kappa shape index (κ2) is 7.66. The first-order valence-corrected chi connectivity index (χ1v) is 12.5. The zero-order valence-corrected chi connectivity index (χ0v) is 18.7. The lowest BCUT2D eigenvalue weighted by molar-refractivity contribution is -0.127. The summed E-state index contributed by atoms with van der Waals surface area (Å²) in [5.41, 5.74) is 1.19. The lowest BCUT2D eigenvalue weighted by Gasteiger charge is -2.61. The average molecular weight is 375 g/mol. The molecule has 4 fully saturated rings. The molecule has 4 aliphatic carbocycles. The van der Waals surface area contributed by atoms with Crippen LogP contribution in [0.3, 0.4) is 0 Å². The van der Waals surface area contributed by atoms with Gasteiger partial charge in [0, 0.05) is 0 Å². The molecule has 0 bridgehead atoms. The Balaban J connectivity index is 1.43. The van der Waals surface area contributed by atoms with E-state index in [2.05, 4.69) is 27.7 Å². The zero-order valence-electron chi connectivity index (χ0n) is 18.7. The van der Waals surface area contributed by atoms with Crippen molar-refractivity contribution >= 4 is 0 Å². The molecule has 156 valence electrons. The van der Waals surface area contributed by atoms with Gasteiger partial charge in [-0.2, -0.15) is 0 Å². The van der Waals surface area contributed by atoms with E-state index < -0.39 is 0 Å². The van der Waals surface area contributed by atoms with Crippen LogP contribution in [0.1, 0.15) is 111 Å². The van der Waals surface area contributed by atoms with Crippen LogP contribution in [-0.2, 0) is 0 Å². The van der Waals surface area contributed by atoms with Gasteiger partial charge in [0.15, 0.2) is 0 Å². The lowest BCUT2D eigenvalue weighted by Crippen LogP contribution is -2.53. The van der Waals surface area contributed by atoms with Crippen LogP contribution < -0.4 is 0 Å². The van der Waals surface area contributed by atoms with Gasteiger partial charge in [-0.25, -0.2) is 0 Å². The van der Waals surface area contributed by atoms with Crippen molar-refractivity contribution < 1.29 is 5.11 Å². The summed E-state index contributed by atoms with van der Waals surface area (Å²) in [5.74, 6) is 5.66. The van der Waals surface area contributed by atoms with Gasteiger partial charge in [-0.05, 0) is 111 Å². The third-order valence-electron chi connectivity index (χ3n) is 10.4. The molecule has 27 heavy (non-hydrogen) atoms. The molecular weight excluding hydrogens is 328 g/mol. The highest BCUT2D eigenvalue weighted by Gasteiger charge is 2.59.